The molecule has 1 saturated heterocycles. The van der Waals surface area contributed by atoms with Crippen LogP contribution in [0.1, 0.15) is 77.0 Å². The van der Waals surface area contributed by atoms with Gasteiger partial charge in [-0.05, 0) is 62.9 Å². The Morgan fingerprint density at radius 1 is 0.850 bits per heavy atom. The van der Waals surface area contributed by atoms with E-state index in [9.17, 15) is 5.11 Å². The Morgan fingerprint density at radius 3 is 2.10 bits per heavy atom. The minimum atomic E-state index is -0.0595. The molecule has 0 bridgehead atoms. The van der Waals surface area contributed by atoms with Crippen LogP contribution in [0.15, 0.2) is 0 Å². The predicted molar refractivity (Wildman–Crippen MR) is 83.8 cm³/mol. The van der Waals surface area contributed by atoms with Crippen molar-refractivity contribution in [1.82, 2.24) is 4.90 Å². The molecule has 0 amide bonds. The summed E-state index contributed by atoms with van der Waals surface area (Å²) >= 11 is 0. The van der Waals surface area contributed by atoms with E-state index in [0.29, 0.717) is 11.3 Å². The molecule has 3 aliphatic rings. The molecule has 2 saturated carbocycles. The lowest BCUT2D eigenvalue weighted by Gasteiger charge is -2.45. The standard InChI is InChI=1S/C18H33NO/c20-17(16-7-3-1-4-8-16)15-19-13-11-18(12-14-19)9-5-2-6-10-18/h16-17,20H,1-15H2. The van der Waals surface area contributed by atoms with E-state index in [1.54, 1.807) is 0 Å². The monoisotopic (exact) mass is 279 g/mol. The van der Waals surface area contributed by atoms with Crippen LogP contribution in [-0.2, 0) is 0 Å². The average Bonchev–Trinajstić information content (AvgIpc) is 2.52. The molecule has 116 valence electrons. The lowest BCUT2D eigenvalue weighted by atomic mass is 9.68. The Morgan fingerprint density at radius 2 is 1.45 bits per heavy atom. The van der Waals surface area contributed by atoms with Gasteiger partial charge in [0.15, 0.2) is 0 Å². The lowest BCUT2D eigenvalue weighted by molar-refractivity contribution is 0.0119. The number of aliphatic hydroxyl groups is 1. The van der Waals surface area contributed by atoms with Gasteiger partial charge in [0.1, 0.15) is 0 Å². The maximum atomic E-state index is 10.5. The van der Waals surface area contributed by atoms with Gasteiger partial charge in [-0.2, -0.15) is 0 Å². The van der Waals surface area contributed by atoms with Gasteiger partial charge < -0.3 is 10.0 Å². The first kappa shape index (κ1) is 14.8. The molecule has 1 unspecified atom stereocenters. The Bertz CT molecular complexity index is 282. The van der Waals surface area contributed by atoms with E-state index in [-0.39, 0.29) is 6.10 Å². The summed E-state index contributed by atoms with van der Waals surface area (Å²) in [6.45, 7) is 3.42. The van der Waals surface area contributed by atoms with Gasteiger partial charge in [-0.1, -0.05) is 38.5 Å². The summed E-state index contributed by atoms with van der Waals surface area (Å²) in [6, 6.07) is 0. The zero-order valence-corrected chi connectivity index (χ0v) is 13.2. The second-order valence-corrected chi connectivity index (χ2v) is 7.83. The zero-order chi connectivity index (χ0) is 13.8. The van der Waals surface area contributed by atoms with Crippen LogP contribution in [0.25, 0.3) is 0 Å². The van der Waals surface area contributed by atoms with Crippen LogP contribution < -0.4 is 0 Å². The molecule has 0 aromatic heterocycles. The summed E-state index contributed by atoms with van der Waals surface area (Å²) in [5.41, 5.74) is 0.699. The molecule has 0 aromatic carbocycles. The first-order valence-electron chi connectivity index (χ1n) is 9.18. The van der Waals surface area contributed by atoms with Crippen LogP contribution in [0.5, 0.6) is 0 Å². The van der Waals surface area contributed by atoms with E-state index in [1.165, 1.54) is 90.1 Å². The molecule has 2 aliphatic carbocycles. The summed E-state index contributed by atoms with van der Waals surface area (Å²) in [4.78, 5) is 2.55. The second-order valence-electron chi connectivity index (χ2n) is 7.83. The number of piperidine rings is 1. The average molecular weight is 279 g/mol. The number of β-amino-alcohol motifs (C(OH)–C–C–N with tert-alkyl or cyclic N) is 1. The third kappa shape index (κ3) is 3.57. The molecule has 1 heterocycles. The third-order valence-corrected chi connectivity index (χ3v) is 6.47. The second kappa shape index (κ2) is 6.79. The SMILES string of the molecule is OC(CN1CCC2(CCCCC2)CC1)C1CCCCC1. The molecule has 1 aliphatic heterocycles. The minimum Gasteiger partial charge on any atom is -0.392 e. The molecular formula is C18H33NO. The summed E-state index contributed by atoms with van der Waals surface area (Å²) in [5, 5.41) is 10.5. The molecule has 1 N–H and O–H groups in total. The zero-order valence-electron chi connectivity index (χ0n) is 13.2. The largest absolute Gasteiger partial charge is 0.392 e. The van der Waals surface area contributed by atoms with Crippen molar-refractivity contribution < 1.29 is 5.11 Å². The van der Waals surface area contributed by atoms with Crippen LogP contribution in [0.4, 0.5) is 0 Å². The van der Waals surface area contributed by atoms with Gasteiger partial charge in [-0.3, -0.25) is 0 Å². The summed E-state index contributed by atoms with van der Waals surface area (Å²) < 4.78 is 0. The van der Waals surface area contributed by atoms with E-state index in [1.807, 2.05) is 0 Å². The molecule has 0 aromatic rings. The lowest BCUT2D eigenvalue weighted by Crippen LogP contribution is -2.45. The highest BCUT2D eigenvalue weighted by Crippen LogP contribution is 2.44. The van der Waals surface area contributed by atoms with E-state index in [2.05, 4.69) is 4.90 Å². The maximum absolute atomic E-state index is 10.5. The Labute approximate surface area is 124 Å². The van der Waals surface area contributed by atoms with Gasteiger partial charge in [0.25, 0.3) is 0 Å². The number of hydrogen-bond donors (Lipinski definition) is 1. The summed E-state index contributed by atoms with van der Waals surface area (Å²) in [6.07, 6.45) is 16.7. The first-order chi connectivity index (χ1) is 9.77. The summed E-state index contributed by atoms with van der Waals surface area (Å²) in [7, 11) is 0. The van der Waals surface area contributed by atoms with E-state index in [0.717, 1.165) is 6.54 Å². The Kier molecular flexibility index (Phi) is 5.04. The van der Waals surface area contributed by atoms with E-state index < -0.39 is 0 Å². The van der Waals surface area contributed by atoms with Crippen LogP contribution >= 0.6 is 0 Å². The third-order valence-electron chi connectivity index (χ3n) is 6.47. The number of likely N-dealkylation sites (tertiary alicyclic amines) is 1. The molecule has 0 radical (unpaired) electrons. The molecule has 1 spiro atoms. The van der Waals surface area contributed by atoms with Crippen molar-refractivity contribution in [2.45, 2.75) is 83.2 Å². The van der Waals surface area contributed by atoms with Gasteiger partial charge >= 0.3 is 0 Å². The van der Waals surface area contributed by atoms with Crippen LogP contribution in [0.3, 0.4) is 0 Å². The van der Waals surface area contributed by atoms with Gasteiger partial charge in [-0.15, -0.1) is 0 Å². The van der Waals surface area contributed by atoms with Crippen LogP contribution in [0, 0.1) is 11.3 Å². The van der Waals surface area contributed by atoms with Gasteiger partial charge in [0, 0.05) is 6.54 Å². The number of nitrogens with zero attached hydrogens (tertiary/aromatic N) is 1. The smallest absolute Gasteiger partial charge is 0.0695 e. The van der Waals surface area contributed by atoms with Gasteiger partial charge in [0.05, 0.1) is 6.10 Å². The summed E-state index contributed by atoms with van der Waals surface area (Å²) in [5.74, 6) is 0.592. The molecule has 2 nitrogen and oxygen atoms in total. The molecular weight excluding hydrogens is 246 g/mol. The highest BCUT2D eigenvalue weighted by molar-refractivity contribution is 4.89. The van der Waals surface area contributed by atoms with Crippen LogP contribution in [-0.4, -0.2) is 35.7 Å². The first-order valence-corrected chi connectivity index (χ1v) is 9.18. The van der Waals surface area contributed by atoms with Crippen molar-refractivity contribution in [2.24, 2.45) is 11.3 Å². The van der Waals surface area contributed by atoms with Crippen molar-refractivity contribution >= 4 is 0 Å². The van der Waals surface area contributed by atoms with E-state index >= 15 is 0 Å². The van der Waals surface area contributed by atoms with Crippen molar-refractivity contribution in [2.75, 3.05) is 19.6 Å². The number of hydrogen-bond acceptors (Lipinski definition) is 2. The quantitative estimate of drug-likeness (QED) is 0.845. The molecule has 20 heavy (non-hydrogen) atoms. The number of rotatable bonds is 3. The normalized spacial score (nSPS) is 30.4. The highest BCUT2D eigenvalue weighted by Gasteiger charge is 2.36. The van der Waals surface area contributed by atoms with Crippen LogP contribution in [0.2, 0.25) is 0 Å². The Balaban J connectivity index is 1.43. The molecule has 2 heteroatoms. The maximum Gasteiger partial charge on any atom is 0.0695 e. The Hall–Kier alpha value is -0.0800. The van der Waals surface area contributed by atoms with Gasteiger partial charge in [-0.25, -0.2) is 0 Å². The molecule has 1 atom stereocenters. The predicted octanol–water partition coefficient (Wildman–Crippen LogP) is 3.97. The fraction of sp³-hybridized carbons (Fsp3) is 1.00. The molecule has 3 fully saturated rings. The topological polar surface area (TPSA) is 23.5 Å². The van der Waals surface area contributed by atoms with Crippen molar-refractivity contribution in [3.8, 4) is 0 Å². The van der Waals surface area contributed by atoms with Crippen molar-refractivity contribution in [3.63, 3.8) is 0 Å². The van der Waals surface area contributed by atoms with Crippen molar-refractivity contribution in [3.05, 3.63) is 0 Å². The highest BCUT2D eigenvalue weighted by atomic mass is 16.3. The fourth-order valence-electron chi connectivity index (χ4n) is 4.94. The number of aliphatic hydroxyl groups excluding tert-OH is 1. The van der Waals surface area contributed by atoms with Gasteiger partial charge in [0.2, 0.25) is 0 Å². The van der Waals surface area contributed by atoms with Crippen molar-refractivity contribution in [1.29, 1.82) is 0 Å². The minimum absolute atomic E-state index is 0.0595. The fourth-order valence-corrected chi connectivity index (χ4v) is 4.94. The van der Waals surface area contributed by atoms with E-state index in [4.69, 9.17) is 0 Å². The molecule has 3 rings (SSSR count).